The van der Waals surface area contributed by atoms with E-state index in [0.29, 0.717) is 12.2 Å². The fourth-order valence-corrected chi connectivity index (χ4v) is 2.53. The lowest BCUT2D eigenvalue weighted by atomic mass is 10.1. The van der Waals surface area contributed by atoms with E-state index >= 15 is 0 Å². The van der Waals surface area contributed by atoms with Crippen molar-refractivity contribution < 1.29 is 18.4 Å². The van der Waals surface area contributed by atoms with Gasteiger partial charge in [-0.15, -0.1) is 0 Å². The molecule has 4 nitrogen and oxygen atoms in total. The van der Waals surface area contributed by atoms with Gasteiger partial charge in [0.05, 0.1) is 0 Å². The molecule has 1 aliphatic heterocycles. The summed E-state index contributed by atoms with van der Waals surface area (Å²) >= 11 is 0. The van der Waals surface area contributed by atoms with Gasteiger partial charge in [-0.05, 0) is 35.9 Å². The molecular weight excluding hydrogens is 302 g/mol. The Morgan fingerprint density at radius 1 is 0.870 bits per heavy atom. The van der Waals surface area contributed by atoms with Gasteiger partial charge in [-0.1, -0.05) is 18.2 Å². The van der Waals surface area contributed by atoms with Crippen LogP contribution in [0.1, 0.15) is 5.56 Å². The second kappa shape index (κ2) is 6.16. The van der Waals surface area contributed by atoms with E-state index in [1.165, 1.54) is 40.1 Å². The monoisotopic (exact) mass is 316 g/mol. The second-order valence-corrected chi connectivity index (χ2v) is 5.29. The predicted molar refractivity (Wildman–Crippen MR) is 80.6 cm³/mol. The van der Waals surface area contributed by atoms with Gasteiger partial charge in [0.1, 0.15) is 11.6 Å². The third kappa shape index (κ3) is 3.21. The van der Waals surface area contributed by atoms with Crippen molar-refractivity contribution in [2.24, 2.45) is 0 Å². The van der Waals surface area contributed by atoms with Gasteiger partial charge >= 0.3 is 11.8 Å². The Morgan fingerprint density at radius 3 is 2.30 bits per heavy atom. The maximum absolute atomic E-state index is 13.3. The molecule has 0 saturated carbocycles. The van der Waals surface area contributed by atoms with Gasteiger partial charge in [0.2, 0.25) is 0 Å². The molecule has 0 spiro atoms. The average molecular weight is 316 g/mol. The van der Waals surface area contributed by atoms with Gasteiger partial charge in [0.25, 0.3) is 0 Å². The Labute approximate surface area is 131 Å². The predicted octanol–water partition coefficient (Wildman–Crippen LogP) is 2.34. The molecule has 1 heterocycles. The van der Waals surface area contributed by atoms with Gasteiger partial charge in [0.15, 0.2) is 0 Å². The standard InChI is InChI=1S/C17H14F2N2O2/c18-13-6-4-12(5-7-13)11-20-8-9-21(17(23)16(20)22)15-3-1-2-14(19)10-15/h1-7,10H,8-9,11H2. The first-order valence-corrected chi connectivity index (χ1v) is 7.15. The summed E-state index contributed by atoms with van der Waals surface area (Å²) in [7, 11) is 0. The zero-order chi connectivity index (χ0) is 16.4. The fourth-order valence-electron chi connectivity index (χ4n) is 2.53. The number of nitrogens with zero attached hydrogens (tertiary/aromatic N) is 2. The first-order valence-electron chi connectivity index (χ1n) is 7.15. The molecule has 2 amide bonds. The Hall–Kier alpha value is -2.76. The van der Waals surface area contributed by atoms with Crippen LogP contribution < -0.4 is 4.90 Å². The van der Waals surface area contributed by atoms with Gasteiger partial charge in [-0.3, -0.25) is 9.59 Å². The van der Waals surface area contributed by atoms with Crippen LogP contribution in [-0.2, 0) is 16.1 Å². The summed E-state index contributed by atoms with van der Waals surface area (Å²) in [5.41, 5.74) is 1.11. The van der Waals surface area contributed by atoms with Crippen molar-refractivity contribution in [1.82, 2.24) is 4.90 Å². The van der Waals surface area contributed by atoms with Crippen LogP contribution in [-0.4, -0.2) is 29.8 Å². The lowest BCUT2D eigenvalue weighted by Gasteiger charge is -2.33. The molecule has 0 N–H and O–H groups in total. The first kappa shape index (κ1) is 15.1. The molecule has 0 radical (unpaired) electrons. The summed E-state index contributed by atoms with van der Waals surface area (Å²) in [6.45, 7) is 0.857. The van der Waals surface area contributed by atoms with Crippen LogP contribution in [0.25, 0.3) is 0 Å². The van der Waals surface area contributed by atoms with Crippen LogP contribution in [0.4, 0.5) is 14.5 Å². The molecule has 23 heavy (non-hydrogen) atoms. The van der Waals surface area contributed by atoms with Crippen molar-refractivity contribution in [3.8, 4) is 0 Å². The third-order valence-electron chi connectivity index (χ3n) is 3.72. The Morgan fingerprint density at radius 2 is 1.61 bits per heavy atom. The number of piperazine rings is 1. The number of carbonyl (C=O) groups excluding carboxylic acids is 2. The van der Waals surface area contributed by atoms with Crippen LogP contribution in [0.15, 0.2) is 48.5 Å². The van der Waals surface area contributed by atoms with Crippen LogP contribution in [0.2, 0.25) is 0 Å². The topological polar surface area (TPSA) is 40.6 Å². The number of anilines is 1. The number of rotatable bonds is 3. The van der Waals surface area contributed by atoms with Crippen LogP contribution in [0.5, 0.6) is 0 Å². The Bertz CT molecular complexity index is 747. The van der Waals surface area contributed by atoms with Crippen LogP contribution >= 0.6 is 0 Å². The normalized spacial score (nSPS) is 15.2. The van der Waals surface area contributed by atoms with Crippen molar-refractivity contribution in [3.63, 3.8) is 0 Å². The molecule has 0 aliphatic carbocycles. The minimum Gasteiger partial charge on any atom is -0.328 e. The summed E-state index contributed by atoms with van der Waals surface area (Å²) < 4.78 is 26.2. The number of hydrogen-bond donors (Lipinski definition) is 0. The van der Waals surface area contributed by atoms with Gasteiger partial charge < -0.3 is 9.80 Å². The highest BCUT2D eigenvalue weighted by Crippen LogP contribution is 2.20. The van der Waals surface area contributed by atoms with Gasteiger partial charge in [-0.25, -0.2) is 8.78 Å². The van der Waals surface area contributed by atoms with Crippen molar-refractivity contribution in [2.45, 2.75) is 6.54 Å². The number of hydrogen-bond acceptors (Lipinski definition) is 2. The molecule has 2 aromatic rings. The number of benzene rings is 2. The summed E-state index contributed by atoms with van der Waals surface area (Å²) in [6.07, 6.45) is 0. The minimum atomic E-state index is -0.691. The summed E-state index contributed by atoms with van der Waals surface area (Å²) in [4.78, 5) is 27.2. The zero-order valence-corrected chi connectivity index (χ0v) is 12.2. The highest BCUT2D eigenvalue weighted by molar-refractivity contribution is 6.40. The third-order valence-corrected chi connectivity index (χ3v) is 3.72. The maximum Gasteiger partial charge on any atom is 0.316 e. The lowest BCUT2D eigenvalue weighted by Crippen LogP contribution is -2.54. The van der Waals surface area contributed by atoms with Crippen molar-refractivity contribution in [3.05, 3.63) is 65.7 Å². The molecule has 2 aromatic carbocycles. The molecule has 1 aliphatic rings. The van der Waals surface area contributed by atoms with Crippen molar-refractivity contribution in [2.75, 3.05) is 18.0 Å². The van der Waals surface area contributed by atoms with E-state index in [2.05, 4.69) is 0 Å². The molecule has 1 fully saturated rings. The molecule has 0 unspecified atom stereocenters. The molecule has 1 saturated heterocycles. The van der Waals surface area contributed by atoms with E-state index in [4.69, 9.17) is 0 Å². The van der Waals surface area contributed by atoms with Crippen LogP contribution in [0.3, 0.4) is 0 Å². The van der Waals surface area contributed by atoms with E-state index < -0.39 is 17.6 Å². The van der Waals surface area contributed by atoms with E-state index in [-0.39, 0.29) is 18.9 Å². The average Bonchev–Trinajstić information content (AvgIpc) is 2.54. The summed E-state index contributed by atoms with van der Waals surface area (Å²) in [6, 6.07) is 11.4. The zero-order valence-electron chi connectivity index (χ0n) is 12.2. The van der Waals surface area contributed by atoms with Gasteiger partial charge in [0, 0.05) is 25.3 Å². The number of halogens is 2. The SMILES string of the molecule is O=C1C(=O)N(c2cccc(F)c2)CCN1Cc1ccc(F)cc1. The van der Waals surface area contributed by atoms with E-state index in [0.717, 1.165) is 5.56 Å². The second-order valence-electron chi connectivity index (χ2n) is 5.29. The molecule has 6 heteroatoms. The van der Waals surface area contributed by atoms with Crippen molar-refractivity contribution in [1.29, 1.82) is 0 Å². The van der Waals surface area contributed by atoms with Crippen molar-refractivity contribution >= 4 is 17.5 Å². The highest BCUT2D eigenvalue weighted by Gasteiger charge is 2.33. The minimum absolute atomic E-state index is 0.238. The summed E-state index contributed by atoms with van der Waals surface area (Å²) in [5.74, 6) is -2.16. The first-order chi connectivity index (χ1) is 11.0. The Kier molecular flexibility index (Phi) is 4.06. The fraction of sp³-hybridized carbons (Fsp3) is 0.176. The smallest absolute Gasteiger partial charge is 0.316 e. The van der Waals surface area contributed by atoms with E-state index in [1.807, 2.05) is 0 Å². The van der Waals surface area contributed by atoms with E-state index in [1.54, 1.807) is 18.2 Å². The highest BCUT2D eigenvalue weighted by atomic mass is 19.1. The molecular formula is C17H14F2N2O2. The lowest BCUT2D eigenvalue weighted by molar-refractivity contribution is -0.146. The van der Waals surface area contributed by atoms with Crippen LogP contribution in [0, 0.1) is 11.6 Å². The quantitative estimate of drug-likeness (QED) is 0.816. The molecule has 0 bridgehead atoms. The number of amides is 2. The molecule has 3 rings (SSSR count). The molecule has 118 valence electrons. The Balaban J connectivity index is 1.73. The number of carbonyl (C=O) groups is 2. The molecule has 0 aromatic heterocycles. The van der Waals surface area contributed by atoms with E-state index in [9.17, 15) is 18.4 Å². The maximum atomic E-state index is 13.3. The largest absolute Gasteiger partial charge is 0.328 e. The van der Waals surface area contributed by atoms with Gasteiger partial charge in [-0.2, -0.15) is 0 Å². The molecule has 0 atom stereocenters. The summed E-state index contributed by atoms with van der Waals surface area (Å²) in [5, 5.41) is 0.